The highest BCUT2D eigenvalue weighted by Gasteiger charge is 2.22. The number of unbranched alkanes of at least 4 members (excludes halogenated alkanes) is 11. The first-order valence-corrected chi connectivity index (χ1v) is 11.9. The SMILES string of the molecule is [2H]C([2H])([2H])[N+](C)(C)C[C@@H](CC(=O)[O-])OC(=O)CCCCCCC/C=C\CCCCCCCC. The summed E-state index contributed by atoms with van der Waals surface area (Å²) in [5.74, 6) is -1.84. The highest BCUT2D eigenvalue weighted by molar-refractivity contribution is 5.70. The fourth-order valence-corrected chi connectivity index (χ4v) is 3.42. The molecule has 0 aromatic heterocycles. The Morgan fingerprint density at radius 3 is 2.00 bits per heavy atom. The Morgan fingerprint density at radius 1 is 0.933 bits per heavy atom. The molecule has 0 aliphatic heterocycles. The van der Waals surface area contributed by atoms with Gasteiger partial charge in [0.2, 0.25) is 0 Å². The van der Waals surface area contributed by atoms with E-state index in [1.165, 1.54) is 59.0 Å². The van der Waals surface area contributed by atoms with E-state index >= 15 is 0 Å². The molecule has 176 valence electrons. The summed E-state index contributed by atoms with van der Waals surface area (Å²) >= 11 is 0. The van der Waals surface area contributed by atoms with E-state index in [9.17, 15) is 14.7 Å². The molecule has 0 N–H and O–H groups in total. The number of quaternary nitrogens is 1. The molecular formula is C25H47NO4. The number of hydrogen-bond donors (Lipinski definition) is 0. The first kappa shape index (κ1) is 23.3. The van der Waals surface area contributed by atoms with Crippen LogP contribution in [0.25, 0.3) is 0 Å². The molecule has 0 aromatic rings. The Morgan fingerprint density at radius 2 is 1.47 bits per heavy atom. The zero-order valence-corrected chi connectivity index (χ0v) is 19.6. The van der Waals surface area contributed by atoms with Crippen LogP contribution in [0.3, 0.4) is 0 Å². The number of carboxylic acid groups (broad SMARTS) is 1. The van der Waals surface area contributed by atoms with E-state index in [2.05, 4.69) is 19.1 Å². The summed E-state index contributed by atoms with van der Waals surface area (Å²) in [5.41, 5.74) is 0. The van der Waals surface area contributed by atoms with Crippen molar-refractivity contribution in [3.63, 3.8) is 0 Å². The molecule has 0 unspecified atom stereocenters. The minimum atomic E-state index is -2.33. The number of aliphatic carboxylic acids is 1. The average molecular weight is 429 g/mol. The predicted molar refractivity (Wildman–Crippen MR) is 122 cm³/mol. The zero-order valence-electron chi connectivity index (χ0n) is 22.6. The van der Waals surface area contributed by atoms with Crippen molar-refractivity contribution in [1.29, 1.82) is 0 Å². The number of hydrogen-bond acceptors (Lipinski definition) is 4. The number of rotatable bonds is 20. The van der Waals surface area contributed by atoms with Crippen LogP contribution in [-0.4, -0.2) is 50.1 Å². The molecule has 0 spiro atoms. The van der Waals surface area contributed by atoms with Crippen molar-refractivity contribution in [2.24, 2.45) is 0 Å². The van der Waals surface area contributed by atoms with E-state index < -0.39 is 35.9 Å². The fourth-order valence-electron chi connectivity index (χ4n) is 3.42. The lowest BCUT2D eigenvalue weighted by molar-refractivity contribution is -0.873. The van der Waals surface area contributed by atoms with Crippen molar-refractivity contribution in [2.45, 2.75) is 109 Å². The smallest absolute Gasteiger partial charge is 0.306 e. The second kappa shape index (κ2) is 18.4. The van der Waals surface area contributed by atoms with Gasteiger partial charge in [0, 0.05) is 18.8 Å². The fraction of sp³-hybridized carbons (Fsp3) is 0.840. The molecule has 5 heteroatoms. The lowest BCUT2D eigenvalue weighted by Crippen LogP contribution is -2.45. The number of likely N-dealkylation sites (N-methyl/N-ethyl adjacent to an activating group) is 1. The third-order valence-electron chi connectivity index (χ3n) is 5.00. The molecule has 0 bridgehead atoms. The first-order chi connectivity index (χ1) is 15.5. The van der Waals surface area contributed by atoms with Crippen LogP contribution in [0.2, 0.25) is 0 Å². The molecule has 0 heterocycles. The van der Waals surface area contributed by atoms with Gasteiger partial charge in [-0.3, -0.25) is 4.79 Å². The monoisotopic (exact) mass is 428 g/mol. The molecule has 1 atom stereocenters. The lowest BCUT2D eigenvalue weighted by Gasteiger charge is -2.29. The average Bonchev–Trinajstić information content (AvgIpc) is 2.69. The van der Waals surface area contributed by atoms with E-state index in [-0.39, 0.29) is 13.0 Å². The van der Waals surface area contributed by atoms with Gasteiger partial charge in [-0.2, -0.15) is 0 Å². The Bertz CT molecular complexity index is 562. The Balaban J connectivity index is 3.91. The van der Waals surface area contributed by atoms with Gasteiger partial charge in [0.25, 0.3) is 0 Å². The van der Waals surface area contributed by atoms with Crippen molar-refractivity contribution in [1.82, 2.24) is 0 Å². The van der Waals surface area contributed by atoms with Crippen molar-refractivity contribution >= 4 is 11.9 Å². The van der Waals surface area contributed by atoms with Crippen LogP contribution in [0.15, 0.2) is 12.2 Å². The van der Waals surface area contributed by atoms with Gasteiger partial charge >= 0.3 is 5.97 Å². The van der Waals surface area contributed by atoms with Crippen LogP contribution in [0, 0.1) is 0 Å². The van der Waals surface area contributed by atoms with Crippen LogP contribution < -0.4 is 5.11 Å². The molecule has 0 rings (SSSR count). The molecule has 0 aromatic carbocycles. The van der Waals surface area contributed by atoms with Crippen LogP contribution in [0.1, 0.15) is 107 Å². The Kier molecular flexibility index (Phi) is 14.3. The number of carboxylic acids is 1. The van der Waals surface area contributed by atoms with Crippen molar-refractivity contribution in [2.75, 3.05) is 27.6 Å². The van der Waals surface area contributed by atoms with Gasteiger partial charge in [-0.25, -0.2) is 0 Å². The van der Waals surface area contributed by atoms with Crippen LogP contribution >= 0.6 is 0 Å². The van der Waals surface area contributed by atoms with E-state index in [1.54, 1.807) is 0 Å². The molecule has 0 aliphatic carbocycles. The zero-order chi connectivity index (χ0) is 25.2. The third kappa shape index (κ3) is 21.4. The second-order valence-electron chi connectivity index (χ2n) is 8.89. The van der Waals surface area contributed by atoms with Crippen LogP contribution in [0.5, 0.6) is 0 Å². The molecule has 0 radical (unpaired) electrons. The Hall–Kier alpha value is -1.36. The summed E-state index contributed by atoms with van der Waals surface area (Å²) < 4.78 is 27.5. The van der Waals surface area contributed by atoms with Gasteiger partial charge in [-0.15, -0.1) is 0 Å². The van der Waals surface area contributed by atoms with Crippen molar-refractivity contribution in [3.05, 3.63) is 12.2 Å². The van der Waals surface area contributed by atoms with Gasteiger partial charge in [0.15, 0.2) is 6.10 Å². The van der Waals surface area contributed by atoms with E-state index in [0.717, 1.165) is 32.1 Å². The van der Waals surface area contributed by atoms with Crippen LogP contribution in [0.4, 0.5) is 0 Å². The maximum Gasteiger partial charge on any atom is 0.306 e. The predicted octanol–water partition coefficient (Wildman–Crippen LogP) is 4.78. The molecule has 0 amide bonds. The van der Waals surface area contributed by atoms with Gasteiger partial charge in [0.1, 0.15) is 6.54 Å². The van der Waals surface area contributed by atoms with Crippen molar-refractivity contribution < 1.29 is 28.0 Å². The number of carbonyl (C=O) groups excluding carboxylic acids is 2. The molecule has 5 nitrogen and oxygen atoms in total. The number of ether oxygens (including phenoxy) is 1. The minimum absolute atomic E-state index is 0.109. The van der Waals surface area contributed by atoms with Crippen LogP contribution in [-0.2, 0) is 14.3 Å². The standard InChI is InChI=1S/C25H47NO4/c1-5-6-7-8-9-10-11-12-13-14-15-16-17-18-19-20-25(29)30-23(21-24(27)28)22-26(2,3)4/h12-13,23H,5-11,14-22H2,1-4H3/b13-12-/t23-/m1/s1/i2D3. The summed E-state index contributed by atoms with van der Waals surface area (Å²) in [6, 6.07) is 0. The third-order valence-corrected chi connectivity index (χ3v) is 5.00. The normalized spacial score (nSPS) is 14.8. The van der Waals surface area contributed by atoms with Gasteiger partial charge in [0.05, 0.1) is 25.2 Å². The number of nitrogens with zero attached hydrogens (tertiary/aromatic N) is 1. The lowest BCUT2D eigenvalue weighted by atomic mass is 10.1. The largest absolute Gasteiger partial charge is 0.550 e. The van der Waals surface area contributed by atoms with Gasteiger partial charge < -0.3 is 19.1 Å². The number of allylic oxidation sites excluding steroid dienone is 2. The van der Waals surface area contributed by atoms with E-state index in [4.69, 9.17) is 8.85 Å². The van der Waals surface area contributed by atoms with Crippen molar-refractivity contribution in [3.8, 4) is 0 Å². The highest BCUT2D eigenvalue weighted by Crippen LogP contribution is 2.12. The topological polar surface area (TPSA) is 66.4 Å². The summed E-state index contributed by atoms with van der Waals surface area (Å²) in [6.45, 7) is -0.204. The molecule has 0 fully saturated rings. The number of carbonyl (C=O) groups is 2. The molecular weight excluding hydrogens is 378 g/mol. The van der Waals surface area contributed by atoms with E-state index in [0.29, 0.717) is 6.42 Å². The van der Waals surface area contributed by atoms with E-state index in [1.807, 2.05) is 0 Å². The molecule has 30 heavy (non-hydrogen) atoms. The quantitative estimate of drug-likeness (QED) is 0.121. The maximum absolute atomic E-state index is 12.1. The molecule has 0 saturated carbocycles. The summed E-state index contributed by atoms with van der Waals surface area (Å²) in [5, 5.41) is 11.0. The highest BCUT2D eigenvalue weighted by atomic mass is 16.5. The molecule has 0 saturated heterocycles. The maximum atomic E-state index is 12.1. The molecule has 0 aliphatic rings. The first-order valence-electron chi connectivity index (χ1n) is 13.4. The Labute approximate surface area is 189 Å². The summed E-state index contributed by atoms with van der Waals surface area (Å²) in [6.07, 6.45) is 18.4. The summed E-state index contributed by atoms with van der Waals surface area (Å²) in [4.78, 5) is 23.1. The summed E-state index contributed by atoms with van der Waals surface area (Å²) in [7, 11) is 2.93. The second-order valence-corrected chi connectivity index (χ2v) is 8.89. The van der Waals surface area contributed by atoms with Gasteiger partial charge in [-0.05, 0) is 32.1 Å². The van der Waals surface area contributed by atoms with Gasteiger partial charge in [-0.1, -0.05) is 70.4 Å². The number of esters is 1. The minimum Gasteiger partial charge on any atom is -0.550 e.